The summed E-state index contributed by atoms with van der Waals surface area (Å²) in [5.41, 5.74) is 0.832. The first-order valence-corrected chi connectivity index (χ1v) is 9.03. The maximum atomic E-state index is 13.1. The molecule has 5 nitrogen and oxygen atoms in total. The molecule has 2 amide bonds. The van der Waals surface area contributed by atoms with Crippen LogP contribution in [-0.4, -0.2) is 42.5 Å². The number of hydrogen-bond donors (Lipinski definition) is 1. The van der Waals surface area contributed by atoms with Crippen LogP contribution in [-0.2, 0) is 20.9 Å². The lowest BCUT2D eigenvalue weighted by molar-refractivity contribution is -0.144. The lowest BCUT2D eigenvalue weighted by Crippen LogP contribution is -2.52. The van der Waals surface area contributed by atoms with Crippen LogP contribution in [0.5, 0.6) is 0 Å². The Labute approximate surface area is 147 Å². The number of carbonyl (C=O) groups excluding carboxylic acids is 2. The molecule has 2 aliphatic heterocycles. The van der Waals surface area contributed by atoms with Gasteiger partial charge < -0.3 is 15.0 Å². The molecule has 0 aromatic heterocycles. The van der Waals surface area contributed by atoms with Gasteiger partial charge in [-0.05, 0) is 49.3 Å². The Balaban J connectivity index is 1.61. The van der Waals surface area contributed by atoms with Gasteiger partial charge in [0.05, 0.1) is 0 Å². The van der Waals surface area contributed by atoms with Gasteiger partial charge >= 0.3 is 0 Å². The molecule has 2 fully saturated rings. The van der Waals surface area contributed by atoms with Crippen molar-refractivity contribution in [1.82, 2.24) is 10.2 Å². The number of halogens is 1. The number of amides is 2. The maximum Gasteiger partial charge on any atom is 0.242 e. The first-order chi connectivity index (χ1) is 12.1. The highest BCUT2D eigenvalue weighted by atomic mass is 19.1. The smallest absolute Gasteiger partial charge is 0.242 e. The molecule has 3 rings (SSSR count). The standard InChI is InChI=1S/C19H25FN2O3/c20-16-6-4-15(5-7-16)13-22-17(2-1-3-18(22)23)19(24)21-12-14-8-10-25-11-9-14/h4-7,14,17H,1-3,8-13H2,(H,21,24). The fourth-order valence-corrected chi connectivity index (χ4v) is 3.49. The normalized spacial score (nSPS) is 22.0. The van der Waals surface area contributed by atoms with Crippen molar-refractivity contribution in [1.29, 1.82) is 0 Å². The number of ether oxygens (including phenoxy) is 1. The Morgan fingerprint density at radius 1 is 1.20 bits per heavy atom. The van der Waals surface area contributed by atoms with Crippen LogP contribution in [0.1, 0.15) is 37.7 Å². The average molecular weight is 348 g/mol. The summed E-state index contributed by atoms with van der Waals surface area (Å²) in [6.45, 7) is 2.48. The van der Waals surface area contributed by atoms with Crippen molar-refractivity contribution < 1.29 is 18.7 Å². The van der Waals surface area contributed by atoms with Gasteiger partial charge in [0, 0.05) is 32.7 Å². The molecule has 0 radical (unpaired) electrons. The summed E-state index contributed by atoms with van der Waals surface area (Å²) >= 11 is 0. The van der Waals surface area contributed by atoms with Crippen LogP contribution >= 0.6 is 0 Å². The highest BCUT2D eigenvalue weighted by Crippen LogP contribution is 2.22. The van der Waals surface area contributed by atoms with Gasteiger partial charge in [-0.15, -0.1) is 0 Å². The second-order valence-corrected chi connectivity index (χ2v) is 6.86. The zero-order chi connectivity index (χ0) is 17.6. The molecule has 136 valence electrons. The molecule has 0 saturated carbocycles. The van der Waals surface area contributed by atoms with Crippen LogP contribution in [0.15, 0.2) is 24.3 Å². The minimum atomic E-state index is -0.439. The van der Waals surface area contributed by atoms with Gasteiger partial charge in [-0.2, -0.15) is 0 Å². The van der Waals surface area contributed by atoms with Crippen molar-refractivity contribution in [2.45, 2.75) is 44.7 Å². The molecule has 0 spiro atoms. The molecule has 2 aliphatic rings. The molecule has 1 aromatic rings. The Hall–Kier alpha value is -1.95. The van der Waals surface area contributed by atoms with E-state index in [1.165, 1.54) is 12.1 Å². The molecular formula is C19H25FN2O3. The molecule has 2 heterocycles. The van der Waals surface area contributed by atoms with E-state index in [4.69, 9.17) is 4.74 Å². The third-order valence-corrected chi connectivity index (χ3v) is 5.04. The number of rotatable bonds is 5. The number of hydrogen-bond acceptors (Lipinski definition) is 3. The molecule has 1 N–H and O–H groups in total. The molecule has 1 atom stereocenters. The number of piperidine rings is 1. The van der Waals surface area contributed by atoms with Crippen molar-refractivity contribution in [3.63, 3.8) is 0 Å². The SMILES string of the molecule is O=C(NCC1CCOCC1)C1CCCC(=O)N1Cc1ccc(F)cc1. The summed E-state index contributed by atoms with van der Waals surface area (Å²) < 4.78 is 18.4. The Morgan fingerprint density at radius 3 is 2.64 bits per heavy atom. The molecule has 1 unspecified atom stereocenters. The fourth-order valence-electron chi connectivity index (χ4n) is 3.49. The van der Waals surface area contributed by atoms with Gasteiger partial charge in [0.15, 0.2) is 0 Å². The Morgan fingerprint density at radius 2 is 1.92 bits per heavy atom. The zero-order valence-corrected chi connectivity index (χ0v) is 14.4. The van der Waals surface area contributed by atoms with Gasteiger partial charge in [-0.1, -0.05) is 12.1 Å². The van der Waals surface area contributed by atoms with E-state index in [9.17, 15) is 14.0 Å². The third kappa shape index (κ3) is 4.78. The fraction of sp³-hybridized carbons (Fsp3) is 0.579. The maximum absolute atomic E-state index is 13.1. The summed E-state index contributed by atoms with van der Waals surface area (Å²) in [5.74, 6) is 0.0467. The van der Waals surface area contributed by atoms with Crippen molar-refractivity contribution in [2.75, 3.05) is 19.8 Å². The number of benzene rings is 1. The number of nitrogens with zero attached hydrogens (tertiary/aromatic N) is 1. The van der Waals surface area contributed by atoms with Gasteiger partial charge in [0.2, 0.25) is 11.8 Å². The van der Waals surface area contributed by atoms with Crippen molar-refractivity contribution in [2.24, 2.45) is 5.92 Å². The summed E-state index contributed by atoms with van der Waals surface area (Å²) in [7, 11) is 0. The predicted octanol–water partition coefficient (Wildman–Crippen LogP) is 2.25. The summed E-state index contributed by atoms with van der Waals surface area (Å²) in [4.78, 5) is 26.6. The van der Waals surface area contributed by atoms with E-state index in [-0.39, 0.29) is 17.6 Å². The van der Waals surface area contributed by atoms with E-state index in [1.54, 1.807) is 17.0 Å². The molecular weight excluding hydrogens is 323 g/mol. The summed E-state index contributed by atoms with van der Waals surface area (Å²) in [6, 6.07) is 5.64. The Bertz CT molecular complexity index is 599. The van der Waals surface area contributed by atoms with Crippen LogP contribution < -0.4 is 5.32 Å². The van der Waals surface area contributed by atoms with Crippen LogP contribution in [0.4, 0.5) is 4.39 Å². The van der Waals surface area contributed by atoms with E-state index in [0.717, 1.165) is 38.0 Å². The first-order valence-electron chi connectivity index (χ1n) is 9.03. The largest absolute Gasteiger partial charge is 0.381 e. The topological polar surface area (TPSA) is 58.6 Å². The van der Waals surface area contributed by atoms with Gasteiger partial charge in [0.1, 0.15) is 11.9 Å². The Kier molecular flexibility index (Phi) is 6.02. The second kappa shape index (κ2) is 8.43. The summed E-state index contributed by atoms with van der Waals surface area (Å²) in [5, 5.41) is 3.02. The molecule has 2 saturated heterocycles. The van der Waals surface area contributed by atoms with Gasteiger partial charge in [-0.3, -0.25) is 9.59 Å². The van der Waals surface area contributed by atoms with Crippen LogP contribution in [0.25, 0.3) is 0 Å². The first kappa shape index (κ1) is 17.9. The molecule has 0 aliphatic carbocycles. The number of nitrogens with one attached hydrogen (secondary N) is 1. The molecule has 6 heteroatoms. The molecule has 1 aromatic carbocycles. The van der Waals surface area contributed by atoms with Crippen molar-refractivity contribution in [3.8, 4) is 0 Å². The van der Waals surface area contributed by atoms with Crippen LogP contribution in [0, 0.1) is 11.7 Å². The monoisotopic (exact) mass is 348 g/mol. The van der Waals surface area contributed by atoms with Crippen molar-refractivity contribution in [3.05, 3.63) is 35.6 Å². The van der Waals surface area contributed by atoms with E-state index in [1.807, 2.05) is 0 Å². The average Bonchev–Trinajstić information content (AvgIpc) is 2.64. The predicted molar refractivity (Wildman–Crippen MR) is 91.1 cm³/mol. The number of likely N-dealkylation sites (tertiary alicyclic amines) is 1. The highest BCUT2D eigenvalue weighted by molar-refractivity contribution is 5.88. The summed E-state index contributed by atoms with van der Waals surface area (Å²) in [6.07, 6.45) is 3.79. The zero-order valence-electron chi connectivity index (χ0n) is 14.4. The number of carbonyl (C=O) groups is 2. The third-order valence-electron chi connectivity index (χ3n) is 5.04. The lowest BCUT2D eigenvalue weighted by Gasteiger charge is -2.35. The quantitative estimate of drug-likeness (QED) is 0.888. The minimum Gasteiger partial charge on any atom is -0.381 e. The van der Waals surface area contributed by atoms with Gasteiger partial charge in [0.25, 0.3) is 0 Å². The van der Waals surface area contributed by atoms with E-state index in [0.29, 0.717) is 31.8 Å². The van der Waals surface area contributed by atoms with Crippen molar-refractivity contribution >= 4 is 11.8 Å². The van der Waals surface area contributed by atoms with E-state index < -0.39 is 6.04 Å². The van der Waals surface area contributed by atoms with Gasteiger partial charge in [-0.25, -0.2) is 4.39 Å². The minimum absolute atomic E-state index is 0.0122. The van der Waals surface area contributed by atoms with E-state index in [2.05, 4.69) is 5.32 Å². The lowest BCUT2D eigenvalue weighted by atomic mass is 9.98. The molecule has 25 heavy (non-hydrogen) atoms. The second-order valence-electron chi connectivity index (χ2n) is 6.86. The van der Waals surface area contributed by atoms with E-state index >= 15 is 0 Å². The van der Waals surface area contributed by atoms with Crippen LogP contribution in [0.3, 0.4) is 0 Å². The van der Waals surface area contributed by atoms with Crippen LogP contribution in [0.2, 0.25) is 0 Å². The highest BCUT2D eigenvalue weighted by Gasteiger charge is 2.33. The molecule has 0 bridgehead atoms.